The average molecular weight is 697 g/mol. The second-order valence-electron chi connectivity index (χ2n) is 12.2. The summed E-state index contributed by atoms with van der Waals surface area (Å²) in [5.41, 5.74) is 7.38. The quantitative estimate of drug-likeness (QED) is 0.172. The van der Waals surface area contributed by atoms with Crippen LogP contribution in [0.5, 0.6) is 0 Å². The first-order valence-corrected chi connectivity index (χ1v) is 16.1. The van der Waals surface area contributed by atoms with E-state index in [0.29, 0.717) is 0 Å². The molecular formula is C32H47F3N8O6. The largest absolute Gasteiger partial charge is 0.490 e. The molecule has 1 aromatic heterocycles. The number of hydrogen-bond donors (Lipinski definition) is 5. The number of nitrogens with two attached hydrogens (primary N) is 1. The lowest BCUT2D eigenvalue weighted by atomic mass is 10.0. The fourth-order valence-electron chi connectivity index (χ4n) is 5.10. The second-order valence-corrected chi connectivity index (χ2v) is 12.2. The third-order valence-corrected chi connectivity index (χ3v) is 8.07. The van der Waals surface area contributed by atoms with Gasteiger partial charge in [0.15, 0.2) is 0 Å². The van der Waals surface area contributed by atoms with Gasteiger partial charge in [0.2, 0.25) is 23.6 Å². The van der Waals surface area contributed by atoms with Crippen molar-refractivity contribution >= 4 is 29.6 Å². The molecule has 0 spiro atoms. The number of unbranched alkanes of at least 4 members (excludes halogenated alkanes) is 2. The van der Waals surface area contributed by atoms with Gasteiger partial charge in [-0.1, -0.05) is 69.2 Å². The summed E-state index contributed by atoms with van der Waals surface area (Å²) < 4.78 is 33.5. The number of alkyl halides is 3. The van der Waals surface area contributed by atoms with Crippen LogP contribution in [0.25, 0.3) is 0 Å². The number of carbonyl (C=O) groups is 5. The van der Waals surface area contributed by atoms with E-state index in [2.05, 4.69) is 33.2 Å². The number of likely N-dealkylation sites (tertiary alicyclic amines) is 1. The Hall–Kier alpha value is -4.54. The minimum Gasteiger partial charge on any atom is -0.475 e. The van der Waals surface area contributed by atoms with E-state index in [1.165, 1.54) is 4.90 Å². The number of hydrogen-bond acceptors (Lipinski definition) is 8. The third-order valence-electron chi connectivity index (χ3n) is 8.07. The molecule has 2 aromatic rings. The molecule has 1 fully saturated rings. The van der Waals surface area contributed by atoms with Crippen molar-refractivity contribution in [3.63, 3.8) is 0 Å². The molecule has 6 N–H and O–H groups in total. The van der Waals surface area contributed by atoms with Crippen LogP contribution in [0.2, 0.25) is 0 Å². The van der Waals surface area contributed by atoms with Crippen molar-refractivity contribution in [2.24, 2.45) is 11.7 Å². The number of rotatable bonds is 15. The highest BCUT2D eigenvalue weighted by molar-refractivity contribution is 5.95. The number of carboxylic acid groups (broad SMARTS) is 1. The van der Waals surface area contributed by atoms with Crippen molar-refractivity contribution in [3.8, 4) is 0 Å². The first-order valence-electron chi connectivity index (χ1n) is 16.1. The number of carboxylic acids is 1. The molecule has 0 saturated carbocycles. The SMILES string of the molecule is CCCCCc1cn([C@@H]2C[C@@H](C(=O)N[C@@H](Cc3ccccc3)C(N)=O)N(C(=O)[C@@H](NC(=O)[C@H](C)NC)C(C)C)C2)nn1.O=C(O)C(F)(F)F. The van der Waals surface area contributed by atoms with Crippen LogP contribution >= 0.6 is 0 Å². The van der Waals surface area contributed by atoms with Crippen molar-refractivity contribution in [1.29, 1.82) is 0 Å². The van der Waals surface area contributed by atoms with Crippen molar-refractivity contribution in [2.45, 2.75) is 103 Å². The Bertz CT molecular complexity index is 1400. The van der Waals surface area contributed by atoms with Crippen LogP contribution in [0.1, 0.15) is 70.7 Å². The van der Waals surface area contributed by atoms with E-state index in [9.17, 15) is 32.3 Å². The number of halogens is 3. The number of nitrogens with one attached hydrogen (secondary N) is 3. The minimum absolute atomic E-state index is 0.204. The lowest BCUT2D eigenvalue weighted by Crippen LogP contribution is -2.58. The molecule has 1 saturated heterocycles. The number of amides is 4. The summed E-state index contributed by atoms with van der Waals surface area (Å²) in [6, 6.07) is 5.77. The fraction of sp³-hybridized carbons (Fsp3) is 0.594. The third kappa shape index (κ3) is 12.5. The Balaban J connectivity index is 0.00000107. The van der Waals surface area contributed by atoms with E-state index >= 15 is 0 Å². The first kappa shape index (κ1) is 40.6. The Morgan fingerprint density at radius 2 is 1.69 bits per heavy atom. The molecule has 1 aliphatic rings. The maximum absolute atomic E-state index is 14.0. The zero-order valence-corrected chi connectivity index (χ0v) is 28.4. The van der Waals surface area contributed by atoms with Gasteiger partial charge in [-0.15, -0.1) is 5.10 Å². The van der Waals surface area contributed by atoms with E-state index in [0.717, 1.165) is 36.9 Å². The van der Waals surface area contributed by atoms with E-state index in [1.54, 1.807) is 18.7 Å². The molecule has 0 unspecified atom stereocenters. The second kappa shape index (κ2) is 18.9. The van der Waals surface area contributed by atoms with Crippen molar-refractivity contribution < 1.29 is 42.3 Å². The highest BCUT2D eigenvalue weighted by Crippen LogP contribution is 2.29. The lowest BCUT2D eigenvalue weighted by Gasteiger charge is -2.31. The average Bonchev–Trinajstić information content (AvgIpc) is 3.70. The molecule has 49 heavy (non-hydrogen) atoms. The number of nitrogens with zero attached hydrogens (tertiary/aromatic N) is 4. The predicted octanol–water partition coefficient (Wildman–Crippen LogP) is 1.75. The van der Waals surface area contributed by atoms with Gasteiger partial charge in [0.25, 0.3) is 0 Å². The fourth-order valence-corrected chi connectivity index (χ4v) is 5.10. The zero-order chi connectivity index (χ0) is 36.9. The number of aryl methyl sites for hydroxylation is 1. The van der Waals surface area contributed by atoms with Crippen LogP contribution in [0.3, 0.4) is 0 Å². The summed E-state index contributed by atoms with van der Waals surface area (Å²) in [6.07, 6.45) is 1.30. The van der Waals surface area contributed by atoms with Crippen LogP contribution < -0.4 is 21.7 Å². The topological polar surface area (TPSA) is 202 Å². The van der Waals surface area contributed by atoms with E-state index < -0.39 is 48.1 Å². The molecule has 5 atom stereocenters. The Morgan fingerprint density at radius 1 is 1.06 bits per heavy atom. The van der Waals surface area contributed by atoms with Gasteiger partial charge in [-0.25, -0.2) is 9.48 Å². The molecule has 0 bridgehead atoms. The van der Waals surface area contributed by atoms with Gasteiger partial charge in [0.1, 0.15) is 18.1 Å². The summed E-state index contributed by atoms with van der Waals surface area (Å²) in [7, 11) is 1.67. The van der Waals surface area contributed by atoms with Crippen LogP contribution in [0, 0.1) is 5.92 Å². The normalized spacial score (nSPS) is 17.8. The molecule has 1 aromatic carbocycles. The van der Waals surface area contributed by atoms with Crippen molar-refractivity contribution in [2.75, 3.05) is 13.6 Å². The van der Waals surface area contributed by atoms with E-state index in [-0.39, 0.29) is 43.2 Å². The molecule has 4 amide bonds. The van der Waals surface area contributed by atoms with Gasteiger partial charge in [-0.2, -0.15) is 13.2 Å². The molecule has 17 heteroatoms. The summed E-state index contributed by atoms with van der Waals surface area (Å²) in [6.45, 7) is 7.74. The Morgan fingerprint density at radius 3 is 2.22 bits per heavy atom. The van der Waals surface area contributed by atoms with Crippen LogP contribution in [-0.4, -0.2) is 98.5 Å². The Kier molecular flexibility index (Phi) is 15.6. The van der Waals surface area contributed by atoms with Gasteiger partial charge in [0.05, 0.1) is 17.8 Å². The number of primary amides is 1. The standard InChI is InChI=1S/C30H46N8O4.C2HF3O2/c1-6-7-9-14-22-17-38(36-35-22)23-16-25(29(41)33-24(27(31)39)15-21-12-10-8-11-13-21)37(18-23)30(42)26(19(2)3)34-28(40)20(4)32-5;3-2(4,5)1(6)7/h8,10-13,17,19-20,23-26,32H,6-7,9,14-16,18H2,1-5H3,(H2,31,39)(H,33,41)(H,34,40);(H,6,7)/t20-,23+,24-,25-,26-;/m0./s1. The first-order chi connectivity index (χ1) is 23.0. The maximum Gasteiger partial charge on any atom is 0.490 e. The van der Waals surface area contributed by atoms with Gasteiger partial charge >= 0.3 is 12.1 Å². The van der Waals surface area contributed by atoms with Crippen LogP contribution in [0.4, 0.5) is 13.2 Å². The zero-order valence-electron chi connectivity index (χ0n) is 28.4. The monoisotopic (exact) mass is 696 g/mol. The number of aliphatic carboxylic acids is 1. The summed E-state index contributed by atoms with van der Waals surface area (Å²) in [5, 5.41) is 24.3. The van der Waals surface area contributed by atoms with Crippen molar-refractivity contribution in [1.82, 2.24) is 35.8 Å². The number of aromatic nitrogens is 3. The smallest absolute Gasteiger partial charge is 0.475 e. The van der Waals surface area contributed by atoms with Crippen LogP contribution in [0.15, 0.2) is 36.5 Å². The van der Waals surface area contributed by atoms with Crippen molar-refractivity contribution in [3.05, 3.63) is 47.8 Å². The molecule has 14 nitrogen and oxygen atoms in total. The van der Waals surface area contributed by atoms with Gasteiger partial charge < -0.3 is 31.7 Å². The molecule has 3 rings (SSSR count). The highest BCUT2D eigenvalue weighted by Gasteiger charge is 2.44. The molecule has 272 valence electrons. The van der Waals surface area contributed by atoms with Crippen LogP contribution in [-0.2, 0) is 36.8 Å². The molecule has 0 aliphatic carbocycles. The number of benzene rings is 1. The highest BCUT2D eigenvalue weighted by atomic mass is 19.4. The summed E-state index contributed by atoms with van der Waals surface area (Å²) in [4.78, 5) is 63.2. The number of carbonyl (C=O) groups excluding carboxylic acids is 4. The Labute approximate surface area is 283 Å². The van der Waals surface area contributed by atoms with Gasteiger partial charge in [0, 0.05) is 25.6 Å². The van der Waals surface area contributed by atoms with Gasteiger partial charge in [-0.05, 0) is 38.3 Å². The summed E-state index contributed by atoms with van der Waals surface area (Å²) >= 11 is 0. The molecule has 1 aliphatic heterocycles. The van der Waals surface area contributed by atoms with Gasteiger partial charge in [-0.3, -0.25) is 19.2 Å². The lowest BCUT2D eigenvalue weighted by molar-refractivity contribution is -0.192. The van der Waals surface area contributed by atoms with E-state index in [4.69, 9.17) is 15.6 Å². The predicted molar refractivity (Wildman–Crippen MR) is 173 cm³/mol. The molecule has 2 heterocycles. The van der Waals surface area contributed by atoms with E-state index in [1.807, 2.05) is 50.4 Å². The maximum atomic E-state index is 14.0. The summed E-state index contributed by atoms with van der Waals surface area (Å²) in [5.74, 6) is -4.82. The number of likely N-dealkylation sites (N-methyl/N-ethyl adjacent to an activating group) is 1. The minimum atomic E-state index is -5.08. The molecule has 0 radical (unpaired) electrons. The molecular weight excluding hydrogens is 649 g/mol.